The van der Waals surface area contributed by atoms with E-state index in [4.69, 9.17) is 11.0 Å². The molecule has 21 heavy (non-hydrogen) atoms. The normalized spacial score (nSPS) is 19.8. The highest BCUT2D eigenvalue weighted by Crippen LogP contribution is 2.19. The van der Waals surface area contributed by atoms with Crippen molar-refractivity contribution < 1.29 is 19.7 Å². The summed E-state index contributed by atoms with van der Waals surface area (Å²) in [5, 5.41) is 0. The minimum absolute atomic E-state index is 0.184. The number of aromatic nitrogens is 4. The topological polar surface area (TPSA) is 61.8 Å². The predicted molar refractivity (Wildman–Crippen MR) is 74.7 cm³/mol. The van der Waals surface area contributed by atoms with E-state index >= 15 is 0 Å². The van der Waals surface area contributed by atoms with Crippen LogP contribution in [0.4, 0.5) is 8.78 Å². The Labute approximate surface area is 130 Å². The first-order chi connectivity index (χ1) is 12.9. The maximum absolute atomic E-state index is 13.9. The number of imidazole rings is 1. The second-order valence-electron chi connectivity index (χ2n) is 4.44. The van der Waals surface area contributed by atoms with Gasteiger partial charge < -0.3 is 4.57 Å². The van der Waals surface area contributed by atoms with Crippen LogP contribution in [0.25, 0.3) is 11.2 Å². The fourth-order valence-corrected chi connectivity index (χ4v) is 1.95. The van der Waals surface area contributed by atoms with E-state index in [0.29, 0.717) is 9.13 Å². The van der Waals surface area contributed by atoms with Gasteiger partial charge in [-0.1, -0.05) is 0 Å². The molecule has 0 aliphatic rings. The van der Waals surface area contributed by atoms with Gasteiger partial charge in [-0.3, -0.25) is 13.9 Å². The van der Waals surface area contributed by atoms with Gasteiger partial charge in [0.2, 0.25) is 5.92 Å². The number of rotatable bonds is 5. The molecule has 0 atom stereocenters. The van der Waals surface area contributed by atoms with E-state index in [1.165, 1.54) is 7.05 Å². The summed E-state index contributed by atoms with van der Waals surface area (Å²) in [6, 6.07) is 0. The lowest BCUT2D eigenvalue weighted by Gasteiger charge is -2.11. The molecule has 2 aromatic rings. The lowest BCUT2D eigenvalue weighted by atomic mass is 10.1. The zero-order valence-corrected chi connectivity index (χ0v) is 11.1. The molecule has 0 amide bonds. The van der Waals surface area contributed by atoms with Gasteiger partial charge in [0.15, 0.2) is 11.2 Å². The van der Waals surface area contributed by atoms with Crippen molar-refractivity contribution in [2.45, 2.75) is 38.5 Å². The third-order valence-electron chi connectivity index (χ3n) is 2.94. The second kappa shape index (κ2) is 5.42. The number of hydrogen-bond donors (Lipinski definition) is 0. The first-order valence-electron chi connectivity index (χ1n) is 9.98. The monoisotopic (exact) mass is 308 g/mol. The molecule has 0 aliphatic heterocycles. The summed E-state index contributed by atoms with van der Waals surface area (Å²) >= 11 is 0. The van der Waals surface area contributed by atoms with Crippen LogP contribution in [-0.4, -0.2) is 24.6 Å². The van der Waals surface area contributed by atoms with Crippen LogP contribution < -0.4 is 11.2 Å². The van der Waals surface area contributed by atoms with Crippen LogP contribution in [0.2, 0.25) is 0 Å². The molecular weight excluding hydrogens is 282 g/mol. The Bertz CT molecular complexity index is 1030. The molecule has 0 unspecified atom stereocenters. The summed E-state index contributed by atoms with van der Waals surface area (Å²) in [4.78, 5) is 28.8. The average Bonchev–Trinajstić information content (AvgIpc) is 3.00. The lowest BCUT2D eigenvalue weighted by Crippen LogP contribution is -2.39. The third-order valence-corrected chi connectivity index (χ3v) is 2.94. The second-order valence-corrected chi connectivity index (χ2v) is 4.44. The van der Waals surface area contributed by atoms with Crippen LogP contribution >= 0.6 is 0 Å². The fraction of sp³-hybridized carbons (Fsp3) is 0.615. The van der Waals surface area contributed by atoms with E-state index < -0.39 is 62.3 Å². The minimum atomic E-state index is -4.64. The molecule has 0 aliphatic carbocycles. The molecule has 8 heteroatoms. The van der Waals surface area contributed by atoms with Gasteiger partial charge in [0.25, 0.3) is 5.56 Å². The highest BCUT2D eigenvalue weighted by atomic mass is 19.3. The Balaban J connectivity index is 2.41. The van der Waals surface area contributed by atoms with Crippen molar-refractivity contribution in [1.29, 1.82) is 0 Å². The zero-order chi connectivity index (χ0) is 22.6. The summed E-state index contributed by atoms with van der Waals surface area (Å²) in [7, 11) is 1.24. The first kappa shape index (κ1) is 7.86. The van der Waals surface area contributed by atoms with Gasteiger partial charge in [-0.25, -0.2) is 18.6 Å². The Morgan fingerprint density at radius 1 is 1.43 bits per heavy atom. The number of alkyl halides is 2. The van der Waals surface area contributed by atoms with Crippen molar-refractivity contribution in [3.63, 3.8) is 0 Å². The molecule has 0 N–H and O–H groups in total. The van der Waals surface area contributed by atoms with E-state index in [2.05, 4.69) is 4.98 Å². The van der Waals surface area contributed by atoms with Crippen molar-refractivity contribution in [2.75, 3.05) is 0 Å². The molecule has 6 nitrogen and oxygen atoms in total. The molecule has 2 rings (SSSR count). The van der Waals surface area contributed by atoms with Gasteiger partial charge in [0, 0.05) is 37.9 Å². The molecule has 2 heterocycles. The highest BCUT2D eigenvalue weighted by molar-refractivity contribution is 5.69. The summed E-state index contributed by atoms with van der Waals surface area (Å²) in [6.07, 6.45) is -3.97. The molecule has 0 aromatic carbocycles. The van der Waals surface area contributed by atoms with Crippen molar-refractivity contribution >= 4 is 11.2 Å². The molecule has 0 saturated heterocycles. The minimum Gasteiger partial charge on any atom is -0.328 e. The summed E-state index contributed by atoms with van der Waals surface area (Å²) in [5.74, 6) is -4.64. The average molecular weight is 308 g/mol. The smallest absolute Gasteiger partial charge is 0.328 e. The van der Waals surface area contributed by atoms with E-state index in [1.54, 1.807) is 0 Å². The van der Waals surface area contributed by atoms with Crippen LogP contribution in [0.3, 0.4) is 0 Å². The van der Waals surface area contributed by atoms with Gasteiger partial charge in [-0.2, -0.15) is 0 Å². The molecule has 2 aromatic heterocycles. The Hall–Kier alpha value is -1.99. The van der Waals surface area contributed by atoms with Gasteiger partial charge >= 0.3 is 5.69 Å². The fourth-order valence-electron chi connectivity index (χ4n) is 1.95. The van der Waals surface area contributed by atoms with E-state index in [-0.39, 0.29) is 5.65 Å². The van der Waals surface area contributed by atoms with Crippen LogP contribution in [0.5, 0.6) is 0 Å². The molecule has 116 valence electrons. The standard InChI is InChI=1S/C13H18F2N4O2/c1-13(14,15)6-4-5-7-19-11(20)9-10(16-8-17(9)2)18(3)12(19)21/h8H,4-7H2,1-3H3/i1D3,2D3,6D2. The number of fused-ring (bicyclic) bond motifs is 1. The van der Waals surface area contributed by atoms with Crippen molar-refractivity contribution in [1.82, 2.24) is 18.7 Å². The Morgan fingerprint density at radius 2 is 2.19 bits per heavy atom. The molecule has 0 radical (unpaired) electrons. The number of hydrogen-bond acceptors (Lipinski definition) is 3. The molecule has 0 fully saturated rings. The quantitative estimate of drug-likeness (QED) is 0.835. The van der Waals surface area contributed by atoms with Crippen molar-refractivity contribution in [3.05, 3.63) is 27.2 Å². The SMILES string of the molecule is [2H]C([2H])([2H])n1cnc2c1c(=O)n(CCCC([2H])([2H])C(F)(F)C([2H])([2H])[2H])c(=O)n2C. The molecular formula is C13H18F2N4O2. The maximum Gasteiger partial charge on any atom is 0.332 e. The van der Waals surface area contributed by atoms with E-state index in [1.807, 2.05) is 0 Å². The van der Waals surface area contributed by atoms with Crippen LogP contribution in [0, 0.1) is 0 Å². The molecule has 0 bridgehead atoms. The van der Waals surface area contributed by atoms with Gasteiger partial charge in [0.05, 0.1) is 6.33 Å². The zero-order valence-electron chi connectivity index (χ0n) is 19.1. The van der Waals surface area contributed by atoms with Gasteiger partial charge in [-0.15, -0.1) is 0 Å². The number of aryl methyl sites for hydroxylation is 2. The largest absolute Gasteiger partial charge is 0.332 e. The number of halogens is 2. The molecule has 0 saturated carbocycles. The lowest BCUT2D eigenvalue weighted by molar-refractivity contribution is 0.0102. The number of nitrogens with zero attached hydrogens (tertiary/aromatic N) is 4. The van der Waals surface area contributed by atoms with Crippen LogP contribution in [-0.2, 0) is 20.6 Å². The Morgan fingerprint density at radius 3 is 2.86 bits per heavy atom. The first-order valence-corrected chi connectivity index (χ1v) is 5.98. The summed E-state index contributed by atoms with van der Waals surface area (Å²) in [6.45, 7) is -7.15. The maximum atomic E-state index is 13.9. The van der Waals surface area contributed by atoms with Crippen molar-refractivity contribution in [3.8, 4) is 0 Å². The van der Waals surface area contributed by atoms with Gasteiger partial charge in [0.1, 0.15) is 0 Å². The van der Waals surface area contributed by atoms with E-state index in [0.717, 1.165) is 10.9 Å². The van der Waals surface area contributed by atoms with Crippen LogP contribution in [0.15, 0.2) is 15.9 Å². The summed E-state index contributed by atoms with van der Waals surface area (Å²) < 4.78 is 87.4. The molecule has 0 spiro atoms. The van der Waals surface area contributed by atoms with Crippen LogP contribution in [0.1, 0.15) is 37.0 Å². The van der Waals surface area contributed by atoms with E-state index in [9.17, 15) is 18.4 Å². The Kier molecular flexibility index (Phi) is 2.03. The highest BCUT2D eigenvalue weighted by Gasteiger charge is 2.20. The van der Waals surface area contributed by atoms with Crippen molar-refractivity contribution in [2.24, 2.45) is 14.0 Å². The predicted octanol–water partition coefficient (Wildman–Crippen LogP) is 1.26. The third kappa shape index (κ3) is 3.03. The summed E-state index contributed by atoms with van der Waals surface area (Å²) in [5.41, 5.74) is -2.51. The van der Waals surface area contributed by atoms with Gasteiger partial charge in [-0.05, 0) is 19.7 Å².